The Labute approximate surface area is 124 Å². The molecule has 0 aliphatic heterocycles. The van der Waals surface area contributed by atoms with E-state index in [1.807, 2.05) is 39.8 Å². The van der Waals surface area contributed by atoms with E-state index >= 15 is 0 Å². The van der Waals surface area contributed by atoms with Gasteiger partial charge in [0.05, 0.1) is 0 Å². The maximum atomic E-state index is 12.9. The molecule has 0 aliphatic rings. The van der Waals surface area contributed by atoms with Gasteiger partial charge in [-0.15, -0.1) is 0 Å². The summed E-state index contributed by atoms with van der Waals surface area (Å²) in [6, 6.07) is 10.6. The predicted molar refractivity (Wildman–Crippen MR) is 80.9 cm³/mol. The number of benzene rings is 2. The van der Waals surface area contributed by atoms with Crippen LogP contribution in [0.5, 0.6) is 0 Å². The van der Waals surface area contributed by atoms with Crippen LogP contribution >= 0.6 is 0 Å². The molecular formula is C18H21F3. The highest BCUT2D eigenvalue weighted by atomic mass is 19.1. The molecule has 0 atom stereocenters. The number of rotatable bonds is 2. The third kappa shape index (κ3) is 5.25. The molecule has 2 aromatic carbocycles. The first-order valence-corrected chi connectivity index (χ1v) is 7.02. The number of hydrogen-bond donors (Lipinski definition) is 0. The molecule has 0 heterocycles. The average molecular weight is 294 g/mol. The van der Waals surface area contributed by atoms with Gasteiger partial charge < -0.3 is 0 Å². The van der Waals surface area contributed by atoms with Crippen LogP contribution in [0.3, 0.4) is 0 Å². The summed E-state index contributed by atoms with van der Waals surface area (Å²) >= 11 is 0. The lowest BCUT2D eigenvalue weighted by molar-refractivity contribution is 0.565. The monoisotopic (exact) mass is 294 g/mol. The zero-order valence-electron chi connectivity index (χ0n) is 12.8. The lowest BCUT2D eigenvalue weighted by Crippen LogP contribution is -1.92. The van der Waals surface area contributed by atoms with Crippen LogP contribution in [-0.4, -0.2) is 0 Å². The normalized spacial score (nSPS) is 10.5. The minimum atomic E-state index is -0.521. The summed E-state index contributed by atoms with van der Waals surface area (Å²) in [5.74, 6) is -0.693. The van der Waals surface area contributed by atoms with Gasteiger partial charge in [-0.2, -0.15) is 0 Å². The van der Waals surface area contributed by atoms with Gasteiger partial charge in [0.2, 0.25) is 0 Å². The summed E-state index contributed by atoms with van der Waals surface area (Å²) in [6.07, 6.45) is 0. The molecule has 0 unspecified atom stereocenters. The van der Waals surface area contributed by atoms with Crippen LogP contribution in [0.15, 0.2) is 42.5 Å². The van der Waals surface area contributed by atoms with E-state index in [0.717, 1.165) is 11.6 Å². The van der Waals surface area contributed by atoms with E-state index in [4.69, 9.17) is 0 Å². The zero-order chi connectivity index (χ0) is 16.0. The smallest absolute Gasteiger partial charge is 0.129 e. The van der Waals surface area contributed by atoms with Crippen molar-refractivity contribution < 1.29 is 13.2 Å². The molecule has 0 radical (unpaired) electrons. The Kier molecular flexibility index (Phi) is 6.47. The summed E-state index contributed by atoms with van der Waals surface area (Å²) in [5.41, 5.74) is 1.36. The summed E-state index contributed by atoms with van der Waals surface area (Å²) < 4.78 is 38.1. The minimum Gasteiger partial charge on any atom is -0.207 e. The van der Waals surface area contributed by atoms with E-state index in [0.29, 0.717) is 5.56 Å². The zero-order valence-corrected chi connectivity index (χ0v) is 12.8. The van der Waals surface area contributed by atoms with Gasteiger partial charge in [0.15, 0.2) is 0 Å². The lowest BCUT2D eigenvalue weighted by Gasteiger charge is -2.05. The molecule has 0 aromatic heterocycles. The Hall–Kier alpha value is -1.77. The van der Waals surface area contributed by atoms with E-state index in [1.54, 1.807) is 6.07 Å². The average Bonchev–Trinajstić information content (AvgIpc) is 2.39. The van der Waals surface area contributed by atoms with Crippen LogP contribution < -0.4 is 0 Å². The molecule has 2 rings (SSSR count). The van der Waals surface area contributed by atoms with Gasteiger partial charge >= 0.3 is 0 Å². The number of hydrogen-bond acceptors (Lipinski definition) is 0. The van der Waals surface area contributed by atoms with Crippen LogP contribution in [0.4, 0.5) is 13.2 Å². The predicted octanol–water partition coefficient (Wildman–Crippen LogP) is 6.04. The van der Waals surface area contributed by atoms with Crippen molar-refractivity contribution in [2.45, 2.75) is 39.5 Å². The molecule has 0 N–H and O–H groups in total. The Morgan fingerprint density at radius 2 is 1.19 bits per heavy atom. The van der Waals surface area contributed by atoms with E-state index < -0.39 is 11.6 Å². The molecule has 0 saturated heterocycles. The molecule has 0 spiro atoms. The molecule has 0 bridgehead atoms. The molecule has 0 saturated carbocycles. The topological polar surface area (TPSA) is 0 Å². The molecule has 0 fully saturated rings. The van der Waals surface area contributed by atoms with Crippen LogP contribution in [0.25, 0.3) is 0 Å². The highest BCUT2D eigenvalue weighted by Crippen LogP contribution is 2.18. The third-order valence-electron chi connectivity index (χ3n) is 3.11. The van der Waals surface area contributed by atoms with Gasteiger partial charge in [0.1, 0.15) is 17.5 Å². The highest BCUT2D eigenvalue weighted by Gasteiger charge is 2.06. The van der Waals surface area contributed by atoms with Gasteiger partial charge in [0, 0.05) is 6.07 Å². The molecule has 3 heteroatoms. The van der Waals surface area contributed by atoms with Gasteiger partial charge in [-0.05, 0) is 35.1 Å². The third-order valence-corrected chi connectivity index (χ3v) is 3.11. The van der Waals surface area contributed by atoms with Gasteiger partial charge in [-0.3, -0.25) is 0 Å². The van der Waals surface area contributed by atoms with Crippen LogP contribution in [0, 0.1) is 17.5 Å². The van der Waals surface area contributed by atoms with E-state index in [9.17, 15) is 13.2 Å². The first-order chi connectivity index (χ1) is 9.82. The van der Waals surface area contributed by atoms with E-state index in [2.05, 4.69) is 0 Å². The van der Waals surface area contributed by atoms with Crippen molar-refractivity contribution in [1.82, 2.24) is 0 Å². The van der Waals surface area contributed by atoms with Crippen molar-refractivity contribution in [3.8, 4) is 0 Å². The van der Waals surface area contributed by atoms with Gasteiger partial charge in [0.25, 0.3) is 0 Å². The Morgan fingerprint density at radius 1 is 0.667 bits per heavy atom. The first-order valence-electron chi connectivity index (χ1n) is 7.02. The summed E-state index contributed by atoms with van der Waals surface area (Å²) in [6.45, 7) is 7.71. The Bertz CT molecular complexity index is 574. The maximum absolute atomic E-state index is 12.9. The van der Waals surface area contributed by atoms with E-state index in [-0.39, 0.29) is 17.7 Å². The molecule has 2 aromatic rings. The minimum absolute atomic E-state index is 0.0995. The SMILES string of the molecule is CC(C)c1ccc(F)cc1F.CC(C)c1ccccc1F. The lowest BCUT2D eigenvalue weighted by atomic mass is 10.0. The summed E-state index contributed by atoms with van der Waals surface area (Å²) in [4.78, 5) is 0. The summed E-state index contributed by atoms with van der Waals surface area (Å²) in [5, 5.41) is 0. The second-order valence-electron chi connectivity index (χ2n) is 5.50. The van der Waals surface area contributed by atoms with Crippen molar-refractivity contribution in [1.29, 1.82) is 0 Å². The van der Waals surface area contributed by atoms with Crippen molar-refractivity contribution in [2.24, 2.45) is 0 Å². The van der Waals surface area contributed by atoms with Gasteiger partial charge in [-0.25, -0.2) is 13.2 Å². The Morgan fingerprint density at radius 3 is 1.62 bits per heavy atom. The molecular weight excluding hydrogens is 273 g/mol. The Balaban J connectivity index is 0.000000211. The standard InChI is InChI=1S/C9H10F2.C9H11F/c1-6(2)8-4-3-7(10)5-9(8)11;1-7(2)8-5-3-4-6-9(8)10/h3-6H,1-2H3;3-7H,1-2H3. The van der Waals surface area contributed by atoms with Crippen molar-refractivity contribution in [3.05, 3.63) is 71.0 Å². The second kappa shape index (κ2) is 7.87. The molecule has 21 heavy (non-hydrogen) atoms. The maximum Gasteiger partial charge on any atom is 0.129 e. The van der Waals surface area contributed by atoms with Crippen LogP contribution in [0.1, 0.15) is 50.7 Å². The quantitative estimate of drug-likeness (QED) is 0.633. The number of halogens is 3. The van der Waals surface area contributed by atoms with Crippen LogP contribution in [0.2, 0.25) is 0 Å². The fourth-order valence-electron chi connectivity index (χ4n) is 1.91. The van der Waals surface area contributed by atoms with Crippen molar-refractivity contribution in [3.63, 3.8) is 0 Å². The summed E-state index contributed by atoms with van der Waals surface area (Å²) in [7, 11) is 0. The largest absolute Gasteiger partial charge is 0.207 e. The fraction of sp³-hybridized carbons (Fsp3) is 0.333. The fourth-order valence-corrected chi connectivity index (χ4v) is 1.91. The highest BCUT2D eigenvalue weighted by molar-refractivity contribution is 5.21. The second-order valence-corrected chi connectivity index (χ2v) is 5.50. The van der Waals surface area contributed by atoms with Crippen molar-refractivity contribution in [2.75, 3.05) is 0 Å². The van der Waals surface area contributed by atoms with E-state index in [1.165, 1.54) is 18.2 Å². The molecule has 0 amide bonds. The van der Waals surface area contributed by atoms with Crippen molar-refractivity contribution >= 4 is 0 Å². The molecule has 0 nitrogen and oxygen atoms in total. The van der Waals surface area contributed by atoms with Gasteiger partial charge in [-0.1, -0.05) is 52.0 Å². The first kappa shape index (κ1) is 17.3. The molecule has 0 aliphatic carbocycles. The molecule has 114 valence electrons. The van der Waals surface area contributed by atoms with Crippen LogP contribution in [-0.2, 0) is 0 Å².